The number of hydrogen-bond acceptors (Lipinski definition) is 6. The minimum atomic E-state index is -0.345. The van der Waals surface area contributed by atoms with Crippen molar-refractivity contribution in [3.05, 3.63) is 34.6 Å². The lowest BCUT2D eigenvalue weighted by Gasteiger charge is -2.12. The highest BCUT2D eigenvalue weighted by Gasteiger charge is 2.13. The van der Waals surface area contributed by atoms with Crippen LogP contribution in [-0.4, -0.2) is 37.7 Å². The van der Waals surface area contributed by atoms with Gasteiger partial charge in [-0.1, -0.05) is 0 Å². The molecule has 7 heteroatoms. The van der Waals surface area contributed by atoms with Crippen molar-refractivity contribution in [3.8, 4) is 22.8 Å². The smallest absolute Gasteiger partial charge is 0.289 e. The standard InChI is InChI=1S/C15H19N3O4/c1-20-7-6-18-15(19)12(16)9-13(17-18)11-8-10(21-2)4-5-14(11)22-3/h4-5,8-9H,6-7,16H2,1-3H3. The summed E-state index contributed by atoms with van der Waals surface area (Å²) in [4.78, 5) is 12.0. The summed E-state index contributed by atoms with van der Waals surface area (Å²) >= 11 is 0. The fourth-order valence-electron chi connectivity index (χ4n) is 2.04. The highest BCUT2D eigenvalue weighted by atomic mass is 16.5. The summed E-state index contributed by atoms with van der Waals surface area (Å²) in [5.41, 5.74) is 6.80. The Kier molecular flexibility index (Phi) is 5.00. The molecule has 7 nitrogen and oxygen atoms in total. The van der Waals surface area contributed by atoms with E-state index in [1.54, 1.807) is 39.5 Å². The van der Waals surface area contributed by atoms with Gasteiger partial charge in [0.1, 0.15) is 17.2 Å². The molecule has 0 unspecified atom stereocenters. The zero-order valence-electron chi connectivity index (χ0n) is 12.8. The Bertz CT molecular complexity index is 712. The second kappa shape index (κ2) is 6.95. The largest absolute Gasteiger partial charge is 0.497 e. The Hall–Kier alpha value is -2.54. The van der Waals surface area contributed by atoms with E-state index >= 15 is 0 Å². The van der Waals surface area contributed by atoms with Gasteiger partial charge in [0.15, 0.2) is 0 Å². The van der Waals surface area contributed by atoms with E-state index in [1.807, 2.05) is 0 Å². The Morgan fingerprint density at radius 1 is 1.18 bits per heavy atom. The molecule has 2 aromatic rings. The van der Waals surface area contributed by atoms with Gasteiger partial charge in [0, 0.05) is 12.7 Å². The highest BCUT2D eigenvalue weighted by Crippen LogP contribution is 2.32. The highest BCUT2D eigenvalue weighted by molar-refractivity contribution is 5.70. The zero-order chi connectivity index (χ0) is 16.1. The minimum Gasteiger partial charge on any atom is -0.497 e. The van der Waals surface area contributed by atoms with Crippen molar-refractivity contribution in [2.75, 3.05) is 33.7 Å². The van der Waals surface area contributed by atoms with Crippen LogP contribution in [0.15, 0.2) is 29.1 Å². The van der Waals surface area contributed by atoms with E-state index in [9.17, 15) is 4.79 Å². The predicted octanol–water partition coefficient (Wildman–Crippen LogP) is 1.16. The molecule has 118 valence electrons. The fourth-order valence-corrected chi connectivity index (χ4v) is 2.04. The Morgan fingerprint density at radius 2 is 1.95 bits per heavy atom. The molecule has 0 aliphatic rings. The third-order valence-electron chi connectivity index (χ3n) is 3.19. The van der Waals surface area contributed by atoms with Gasteiger partial charge in [-0.3, -0.25) is 4.79 Å². The molecule has 0 aliphatic heterocycles. The first kappa shape index (κ1) is 15.8. The zero-order valence-corrected chi connectivity index (χ0v) is 12.8. The molecule has 22 heavy (non-hydrogen) atoms. The molecule has 0 atom stereocenters. The van der Waals surface area contributed by atoms with Crippen molar-refractivity contribution in [1.29, 1.82) is 0 Å². The molecule has 0 fully saturated rings. The van der Waals surface area contributed by atoms with E-state index in [0.29, 0.717) is 35.9 Å². The summed E-state index contributed by atoms with van der Waals surface area (Å²) in [5.74, 6) is 1.27. The lowest BCUT2D eigenvalue weighted by molar-refractivity contribution is 0.182. The maximum Gasteiger partial charge on any atom is 0.289 e. The summed E-state index contributed by atoms with van der Waals surface area (Å²) in [6.45, 7) is 0.685. The van der Waals surface area contributed by atoms with Crippen LogP contribution in [0.1, 0.15) is 0 Å². The van der Waals surface area contributed by atoms with Crippen LogP contribution in [0.5, 0.6) is 11.5 Å². The summed E-state index contributed by atoms with van der Waals surface area (Å²) in [6, 6.07) is 6.87. The molecular weight excluding hydrogens is 286 g/mol. The van der Waals surface area contributed by atoms with E-state index in [1.165, 1.54) is 10.7 Å². The number of nitrogens with zero attached hydrogens (tertiary/aromatic N) is 2. The van der Waals surface area contributed by atoms with E-state index in [2.05, 4.69) is 5.10 Å². The molecule has 0 amide bonds. The number of nitrogen functional groups attached to an aromatic ring is 1. The molecule has 1 aromatic carbocycles. The summed E-state index contributed by atoms with van der Waals surface area (Å²) in [6.07, 6.45) is 0. The molecule has 2 rings (SSSR count). The number of rotatable bonds is 6. The quantitative estimate of drug-likeness (QED) is 0.861. The molecule has 0 aliphatic carbocycles. The monoisotopic (exact) mass is 305 g/mol. The van der Waals surface area contributed by atoms with Crippen molar-refractivity contribution in [1.82, 2.24) is 9.78 Å². The Labute approximate surface area is 128 Å². The minimum absolute atomic E-state index is 0.117. The number of ether oxygens (including phenoxy) is 3. The van der Waals surface area contributed by atoms with Crippen LogP contribution >= 0.6 is 0 Å². The average molecular weight is 305 g/mol. The van der Waals surface area contributed by atoms with Gasteiger partial charge >= 0.3 is 0 Å². The van der Waals surface area contributed by atoms with Crippen molar-refractivity contribution >= 4 is 5.69 Å². The number of benzene rings is 1. The maximum absolute atomic E-state index is 12.0. The van der Waals surface area contributed by atoms with Gasteiger partial charge < -0.3 is 19.9 Å². The van der Waals surface area contributed by atoms with E-state index in [0.717, 1.165) is 0 Å². The topological polar surface area (TPSA) is 88.6 Å². The number of methoxy groups -OCH3 is 3. The molecule has 0 saturated carbocycles. The molecule has 1 heterocycles. The lowest BCUT2D eigenvalue weighted by atomic mass is 10.1. The van der Waals surface area contributed by atoms with Crippen LogP contribution < -0.4 is 20.8 Å². The van der Waals surface area contributed by atoms with Crippen molar-refractivity contribution in [2.45, 2.75) is 6.54 Å². The first-order valence-electron chi connectivity index (χ1n) is 6.69. The fraction of sp³-hybridized carbons (Fsp3) is 0.333. The molecule has 1 aromatic heterocycles. The third kappa shape index (κ3) is 3.20. The van der Waals surface area contributed by atoms with Crippen LogP contribution in [0.3, 0.4) is 0 Å². The van der Waals surface area contributed by atoms with Gasteiger partial charge in [-0.2, -0.15) is 5.10 Å². The van der Waals surface area contributed by atoms with Crippen LogP contribution in [-0.2, 0) is 11.3 Å². The third-order valence-corrected chi connectivity index (χ3v) is 3.19. The normalized spacial score (nSPS) is 10.5. The lowest BCUT2D eigenvalue weighted by Crippen LogP contribution is -2.27. The second-order valence-corrected chi connectivity index (χ2v) is 4.57. The molecule has 0 spiro atoms. The van der Waals surface area contributed by atoms with Crippen molar-refractivity contribution < 1.29 is 14.2 Å². The first-order valence-corrected chi connectivity index (χ1v) is 6.69. The SMILES string of the molecule is COCCn1nc(-c2cc(OC)ccc2OC)cc(N)c1=O. The van der Waals surface area contributed by atoms with E-state index in [4.69, 9.17) is 19.9 Å². The predicted molar refractivity (Wildman–Crippen MR) is 83.3 cm³/mol. The Morgan fingerprint density at radius 3 is 2.59 bits per heavy atom. The first-order chi connectivity index (χ1) is 10.6. The van der Waals surface area contributed by atoms with Gasteiger partial charge in [0.25, 0.3) is 5.56 Å². The molecule has 0 saturated heterocycles. The van der Waals surface area contributed by atoms with Crippen LogP contribution in [0, 0.1) is 0 Å². The van der Waals surface area contributed by atoms with Crippen LogP contribution in [0.25, 0.3) is 11.3 Å². The van der Waals surface area contributed by atoms with Gasteiger partial charge in [-0.25, -0.2) is 4.68 Å². The van der Waals surface area contributed by atoms with Gasteiger partial charge in [0.05, 0.1) is 33.1 Å². The Balaban J connectivity index is 2.57. The van der Waals surface area contributed by atoms with E-state index < -0.39 is 0 Å². The molecule has 0 bridgehead atoms. The average Bonchev–Trinajstić information content (AvgIpc) is 2.55. The summed E-state index contributed by atoms with van der Waals surface area (Å²) < 4.78 is 16.8. The summed E-state index contributed by atoms with van der Waals surface area (Å²) in [7, 11) is 4.70. The number of hydrogen-bond donors (Lipinski definition) is 1. The van der Waals surface area contributed by atoms with Crippen LogP contribution in [0.2, 0.25) is 0 Å². The molecule has 0 radical (unpaired) electrons. The van der Waals surface area contributed by atoms with E-state index in [-0.39, 0.29) is 11.2 Å². The second-order valence-electron chi connectivity index (χ2n) is 4.57. The van der Waals surface area contributed by atoms with Gasteiger partial charge in [-0.05, 0) is 24.3 Å². The number of anilines is 1. The van der Waals surface area contributed by atoms with Crippen LogP contribution in [0.4, 0.5) is 5.69 Å². The molecule has 2 N–H and O–H groups in total. The van der Waals surface area contributed by atoms with Crippen molar-refractivity contribution in [2.24, 2.45) is 0 Å². The summed E-state index contributed by atoms with van der Waals surface area (Å²) in [5, 5.41) is 4.33. The number of nitrogens with two attached hydrogens (primary N) is 1. The van der Waals surface area contributed by atoms with Gasteiger partial charge in [-0.15, -0.1) is 0 Å². The van der Waals surface area contributed by atoms with Gasteiger partial charge in [0.2, 0.25) is 0 Å². The maximum atomic E-state index is 12.0. The molecular formula is C15H19N3O4. The number of aromatic nitrogens is 2. The van der Waals surface area contributed by atoms with Crippen molar-refractivity contribution in [3.63, 3.8) is 0 Å².